The maximum absolute atomic E-state index is 13.1. The van der Waals surface area contributed by atoms with E-state index in [2.05, 4.69) is 20.2 Å². The lowest BCUT2D eigenvalue weighted by Gasteiger charge is -2.22. The highest BCUT2D eigenvalue weighted by Crippen LogP contribution is 2.37. The Balaban J connectivity index is 1.50. The van der Waals surface area contributed by atoms with Gasteiger partial charge in [-0.3, -0.25) is 10.1 Å². The van der Waals surface area contributed by atoms with Gasteiger partial charge in [0.2, 0.25) is 27.9 Å². The van der Waals surface area contributed by atoms with Crippen LogP contribution in [0.3, 0.4) is 0 Å². The molecule has 0 fully saturated rings. The summed E-state index contributed by atoms with van der Waals surface area (Å²) < 4.78 is 44.2. The molecule has 1 aliphatic heterocycles. The van der Waals surface area contributed by atoms with Gasteiger partial charge in [0.15, 0.2) is 11.5 Å². The van der Waals surface area contributed by atoms with E-state index in [1.807, 2.05) is 13.0 Å². The lowest BCUT2D eigenvalue weighted by Crippen LogP contribution is -2.47. The normalized spacial score (nSPS) is 14.4. The van der Waals surface area contributed by atoms with Gasteiger partial charge in [0, 0.05) is 5.56 Å². The Labute approximate surface area is 201 Å². The standard InChI is InChI=1S/C22H24N4O6S2/c1-4-13(2)19(26-34(28,29)16-8-6-15(30-3)7-9-16)20(27)23-22-25-24-21(33-22)14-5-10-17-18(11-14)32-12-31-17/h5-11,13,19,26H,4,12H2,1-3H3,(H,23,25,27). The molecule has 0 saturated heterocycles. The highest BCUT2D eigenvalue weighted by Gasteiger charge is 2.30. The molecule has 2 unspecified atom stereocenters. The molecular weight excluding hydrogens is 480 g/mol. The van der Waals surface area contributed by atoms with E-state index in [4.69, 9.17) is 14.2 Å². The summed E-state index contributed by atoms with van der Waals surface area (Å²) in [5.41, 5.74) is 0.765. The molecule has 180 valence electrons. The summed E-state index contributed by atoms with van der Waals surface area (Å²) in [5, 5.41) is 11.7. The third-order valence-corrected chi connectivity index (χ3v) is 7.77. The minimum Gasteiger partial charge on any atom is -0.497 e. The van der Waals surface area contributed by atoms with Crippen molar-refractivity contribution in [3.05, 3.63) is 42.5 Å². The molecule has 2 atom stereocenters. The molecule has 0 aliphatic carbocycles. The van der Waals surface area contributed by atoms with Crippen molar-refractivity contribution >= 4 is 32.4 Å². The first kappa shape index (κ1) is 23.9. The number of rotatable bonds is 9. The first-order chi connectivity index (χ1) is 16.3. The summed E-state index contributed by atoms with van der Waals surface area (Å²) in [6, 6.07) is 10.3. The number of sulfonamides is 1. The number of carbonyl (C=O) groups excluding carboxylic acids is 1. The largest absolute Gasteiger partial charge is 0.497 e. The summed E-state index contributed by atoms with van der Waals surface area (Å²) in [4.78, 5) is 13.1. The highest BCUT2D eigenvalue weighted by atomic mass is 32.2. The van der Waals surface area contributed by atoms with E-state index in [0.717, 1.165) is 5.56 Å². The molecule has 1 aromatic heterocycles. The van der Waals surface area contributed by atoms with Crippen LogP contribution in [0.5, 0.6) is 17.2 Å². The van der Waals surface area contributed by atoms with Gasteiger partial charge in [0.05, 0.1) is 12.0 Å². The van der Waals surface area contributed by atoms with E-state index in [-0.39, 0.29) is 22.7 Å². The van der Waals surface area contributed by atoms with E-state index in [1.54, 1.807) is 31.2 Å². The van der Waals surface area contributed by atoms with Crippen LogP contribution in [-0.2, 0) is 14.8 Å². The Morgan fingerprint density at radius 1 is 1.15 bits per heavy atom. The van der Waals surface area contributed by atoms with E-state index in [9.17, 15) is 13.2 Å². The van der Waals surface area contributed by atoms with Crippen LogP contribution >= 0.6 is 11.3 Å². The number of nitrogens with zero attached hydrogens (tertiary/aromatic N) is 2. The number of hydrogen-bond donors (Lipinski definition) is 2. The second-order valence-electron chi connectivity index (χ2n) is 7.63. The number of ether oxygens (including phenoxy) is 3. The van der Waals surface area contributed by atoms with E-state index in [0.29, 0.717) is 28.7 Å². The molecule has 2 N–H and O–H groups in total. The summed E-state index contributed by atoms with van der Waals surface area (Å²) in [6.45, 7) is 3.86. The molecule has 12 heteroatoms. The Bertz CT molecular complexity index is 1280. The average Bonchev–Trinajstić information content (AvgIpc) is 3.51. The van der Waals surface area contributed by atoms with Crippen LogP contribution < -0.4 is 24.2 Å². The fourth-order valence-corrected chi connectivity index (χ4v) is 5.30. The Kier molecular flexibility index (Phi) is 7.00. The van der Waals surface area contributed by atoms with Crippen LogP contribution in [0.2, 0.25) is 0 Å². The number of amides is 1. The van der Waals surface area contributed by atoms with Gasteiger partial charge in [-0.15, -0.1) is 10.2 Å². The van der Waals surface area contributed by atoms with Crippen molar-refractivity contribution in [1.82, 2.24) is 14.9 Å². The Hall–Kier alpha value is -3.22. The Morgan fingerprint density at radius 3 is 2.59 bits per heavy atom. The third kappa shape index (κ3) is 5.13. The van der Waals surface area contributed by atoms with Crippen molar-refractivity contribution in [2.75, 3.05) is 19.2 Å². The molecule has 0 spiro atoms. The maximum atomic E-state index is 13.1. The molecule has 2 heterocycles. The SMILES string of the molecule is CCC(C)C(NS(=O)(=O)c1ccc(OC)cc1)C(=O)Nc1nnc(-c2ccc3c(c2)OCO3)s1. The zero-order chi connectivity index (χ0) is 24.3. The predicted octanol–water partition coefficient (Wildman–Crippen LogP) is 3.27. The van der Waals surface area contributed by atoms with Crippen LogP contribution in [-0.4, -0.2) is 44.5 Å². The number of anilines is 1. The van der Waals surface area contributed by atoms with Crippen molar-refractivity contribution in [1.29, 1.82) is 0 Å². The zero-order valence-electron chi connectivity index (χ0n) is 18.8. The molecule has 0 bridgehead atoms. The summed E-state index contributed by atoms with van der Waals surface area (Å²) in [5.74, 6) is 1.02. The fourth-order valence-electron chi connectivity index (χ4n) is 3.26. The average molecular weight is 505 g/mol. The smallest absolute Gasteiger partial charge is 0.244 e. The first-order valence-corrected chi connectivity index (χ1v) is 12.8. The van der Waals surface area contributed by atoms with Crippen LogP contribution in [0.15, 0.2) is 47.4 Å². The highest BCUT2D eigenvalue weighted by molar-refractivity contribution is 7.89. The molecule has 0 radical (unpaired) electrons. The van der Waals surface area contributed by atoms with Crippen LogP contribution in [0.25, 0.3) is 10.6 Å². The van der Waals surface area contributed by atoms with Crippen molar-refractivity contribution in [2.24, 2.45) is 5.92 Å². The van der Waals surface area contributed by atoms with Crippen molar-refractivity contribution in [3.63, 3.8) is 0 Å². The summed E-state index contributed by atoms with van der Waals surface area (Å²) >= 11 is 1.17. The van der Waals surface area contributed by atoms with Crippen molar-refractivity contribution in [3.8, 4) is 27.8 Å². The number of aromatic nitrogens is 2. The second-order valence-corrected chi connectivity index (χ2v) is 10.3. The molecule has 0 saturated carbocycles. The van der Waals surface area contributed by atoms with Gasteiger partial charge in [-0.1, -0.05) is 31.6 Å². The monoisotopic (exact) mass is 504 g/mol. The number of benzene rings is 2. The molecule has 1 aliphatic rings. The van der Waals surface area contributed by atoms with Crippen LogP contribution in [0.1, 0.15) is 20.3 Å². The van der Waals surface area contributed by atoms with E-state index in [1.165, 1.54) is 30.6 Å². The molecule has 1 amide bonds. The maximum Gasteiger partial charge on any atom is 0.244 e. The number of methoxy groups -OCH3 is 1. The minimum absolute atomic E-state index is 0.0374. The second kappa shape index (κ2) is 9.95. The number of fused-ring (bicyclic) bond motifs is 1. The molecule has 34 heavy (non-hydrogen) atoms. The quantitative estimate of drug-likeness (QED) is 0.454. The topological polar surface area (TPSA) is 129 Å². The minimum atomic E-state index is -3.95. The predicted molar refractivity (Wildman–Crippen MR) is 127 cm³/mol. The summed E-state index contributed by atoms with van der Waals surface area (Å²) in [7, 11) is -2.45. The van der Waals surface area contributed by atoms with Gasteiger partial charge in [0.25, 0.3) is 0 Å². The van der Waals surface area contributed by atoms with Crippen LogP contribution in [0, 0.1) is 5.92 Å². The number of hydrogen-bond acceptors (Lipinski definition) is 9. The van der Waals surface area contributed by atoms with Gasteiger partial charge in [-0.05, 0) is 48.4 Å². The number of nitrogens with one attached hydrogen (secondary N) is 2. The van der Waals surface area contributed by atoms with Gasteiger partial charge >= 0.3 is 0 Å². The molecule has 3 aromatic rings. The summed E-state index contributed by atoms with van der Waals surface area (Å²) in [6.07, 6.45) is 0.585. The Morgan fingerprint density at radius 2 is 1.88 bits per heavy atom. The van der Waals surface area contributed by atoms with Gasteiger partial charge in [-0.2, -0.15) is 4.72 Å². The lowest BCUT2D eigenvalue weighted by atomic mass is 9.99. The van der Waals surface area contributed by atoms with Crippen molar-refractivity contribution < 1.29 is 27.4 Å². The first-order valence-electron chi connectivity index (χ1n) is 10.5. The third-order valence-electron chi connectivity index (χ3n) is 5.42. The zero-order valence-corrected chi connectivity index (χ0v) is 20.4. The molecule has 2 aromatic carbocycles. The molecular formula is C22H24N4O6S2. The van der Waals surface area contributed by atoms with Gasteiger partial charge in [-0.25, -0.2) is 8.42 Å². The van der Waals surface area contributed by atoms with Gasteiger partial charge < -0.3 is 14.2 Å². The number of carbonyl (C=O) groups is 1. The van der Waals surface area contributed by atoms with Crippen molar-refractivity contribution in [2.45, 2.75) is 31.2 Å². The van der Waals surface area contributed by atoms with E-state index >= 15 is 0 Å². The molecule has 10 nitrogen and oxygen atoms in total. The van der Waals surface area contributed by atoms with Crippen LogP contribution in [0.4, 0.5) is 5.13 Å². The van der Waals surface area contributed by atoms with Gasteiger partial charge in [0.1, 0.15) is 16.8 Å². The molecule has 4 rings (SSSR count). The van der Waals surface area contributed by atoms with E-state index < -0.39 is 22.0 Å². The lowest BCUT2D eigenvalue weighted by molar-refractivity contribution is -0.118. The fraction of sp³-hybridized carbons (Fsp3) is 0.318.